The molecule has 7 nitrogen and oxygen atoms in total. The fourth-order valence-electron chi connectivity index (χ4n) is 2.32. The number of carbonyl (C=O) groups is 1. The van der Waals surface area contributed by atoms with Crippen molar-refractivity contribution in [1.29, 1.82) is 0 Å². The van der Waals surface area contributed by atoms with Gasteiger partial charge in [0.2, 0.25) is 15.9 Å². The number of sulfonamides is 1. The number of carbonyl (C=O) groups excluding carboxylic acids is 1. The van der Waals surface area contributed by atoms with Gasteiger partial charge in [0.05, 0.1) is 28.8 Å². The summed E-state index contributed by atoms with van der Waals surface area (Å²) < 4.78 is 25.9. The maximum Gasteiger partial charge on any atom is 0.243 e. The predicted molar refractivity (Wildman–Crippen MR) is 91.0 cm³/mol. The minimum Gasteiger partial charge on any atom is -0.323 e. The van der Waals surface area contributed by atoms with Gasteiger partial charge < -0.3 is 5.32 Å². The topological polar surface area (TPSA) is 95.2 Å². The molecular weight excluding hydrogens is 328 g/mol. The molecule has 0 fully saturated rings. The van der Waals surface area contributed by atoms with Crippen LogP contribution in [0, 0.1) is 0 Å². The summed E-state index contributed by atoms with van der Waals surface area (Å²) in [6, 6.07) is 13.4. The van der Waals surface area contributed by atoms with Gasteiger partial charge in [-0.1, -0.05) is 30.3 Å². The zero-order valence-electron chi connectivity index (χ0n) is 12.9. The van der Waals surface area contributed by atoms with Crippen LogP contribution in [0.4, 0.5) is 5.69 Å². The van der Waals surface area contributed by atoms with Crippen molar-refractivity contribution in [3.63, 3.8) is 0 Å². The number of aromatic nitrogens is 2. The molecule has 0 unspecified atom stereocenters. The van der Waals surface area contributed by atoms with Gasteiger partial charge in [-0.2, -0.15) is 9.40 Å². The summed E-state index contributed by atoms with van der Waals surface area (Å²) >= 11 is 0. The summed E-state index contributed by atoms with van der Waals surface area (Å²) in [4.78, 5) is 12.4. The average molecular weight is 344 g/mol. The summed E-state index contributed by atoms with van der Waals surface area (Å²) in [5.74, 6) is -0.431. The molecule has 0 aliphatic rings. The molecule has 24 heavy (non-hydrogen) atoms. The molecule has 0 aliphatic carbocycles. The Balaban J connectivity index is 1.74. The maximum atomic E-state index is 12.4. The number of hydrogen-bond donors (Lipinski definition) is 2. The number of benzene rings is 2. The first-order valence-corrected chi connectivity index (χ1v) is 8.66. The summed E-state index contributed by atoms with van der Waals surface area (Å²) in [5, 5.41) is 10.3. The quantitative estimate of drug-likeness (QED) is 0.738. The van der Waals surface area contributed by atoms with Crippen LogP contribution in [-0.4, -0.2) is 42.4 Å². The van der Waals surface area contributed by atoms with Crippen LogP contribution in [0.15, 0.2) is 59.6 Å². The molecule has 0 bridgehead atoms. The Bertz CT molecular complexity index is 967. The zero-order valence-corrected chi connectivity index (χ0v) is 13.7. The van der Waals surface area contributed by atoms with Crippen molar-refractivity contribution in [3.8, 4) is 0 Å². The molecule has 2 N–H and O–H groups in total. The summed E-state index contributed by atoms with van der Waals surface area (Å²) in [6.07, 6.45) is 1.65. The number of anilines is 1. The monoisotopic (exact) mass is 344 g/mol. The third-order valence-corrected chi connectivity index (χ3v) is 5.39. The van der Waals surface area contributed by atoms with Crippen LogP contribution in [0.25, 0.3) is 10.9 Å². The molecule has 0 saturated carbocycles. The second-order valence-electron chi connectivity index (χ2n) is 5.26. The molecule has 3 aromatic rings. The van der Waals surface area contributed by atoms with Gasteiger partial charge in [-0.3, -0.25) is 9.89 Å². The minimum absolute atomic E-state index is 0.149. The number of para-hydroxylation sites is 1. The number of hydrogen-bond acceptors (Lipinski definition) is 4. The molecule has 1 heterocycles. The lowest BCUT2D eigenvalue weighted by molar-refractivity contribution is -0.116. The van der Waals surface area contributed by atoms with E-state index in [-0.39, 0.29) is 11.4 Å². The van der Waals surface area contributed by atoms with E-state index in [1.165, 1.54) is 19.2 Å². The normalized spacial score (nSPS) is 11.8. The second-order valence-corrected chi connectivity index (χ2v) is 7.31. The molecule has 1 amide bonds. The Morgan fingerprint density at radius 2 is 1.92 bits per heavy atom. The van der Waals surface area contributed by atoms with E-state index in [1.807, 2.05) is 6.07 Å². The van der Waals surface area contributed by atoms with E-state index in [4.69, 9.17) is 0 Å². The number of likely N-dealkylation sites (N-methyl/N-ethyl adjacent to an activating group) is 1. The third kappa shape index (κ3) is 3.15. The van der Waals surface area contributed by atoms with Gasteiger partial charge >= 0.3 is 0 Å². The van der Waals surface area contributed by atoms with E-state index < -0.39 is 15.9 Å². The fourth-order valence-corrected chi connectivity index (χ4v) is 3.47. The Hall–Kier alpha value is -2.71. The van der Waals surface area contributed by atoms with Gasteiger partial charge in [-0.25, -0.2) is 8.42 Å². The number of amides is 1. The van der Waals surface area contributed by atoms with Crippen molar-refractivity contribution >= 4 is 32.5 Å². The average Bonchev–Trinajstić information content (AvgIpc) is 3.05. The smallest absolute Gasteiger partial charge is 0.243 e. The van der Waals surface area contributed by atoms with Crippen molar-refractivity contribution in [2.75, 3.05) is 18.9 Å². The van der Waals surface area contributed by atoms with Crippen molar-refractivity contribution in [3.05, 3.63) is 54.7 Å². The lowest BCUT2D eigenvalue weighted by Gasteiger charge is -2.17. The molecule has 0 saturated heterocycles. The second kappa shape index (κ2) is 6.42. The minimum atomic E-state index is -3.71. The predicted octanol–water partition coefficient (Wildman–Crippen LogP) is 1.82. The highest BCUT2D eigenvalue weighted by Gasteiger charge is 2.22. The van der Waals surface area contributed by atoms with E-state index in [2.05, 4.69) is 15.5 Å². The van der Waals surface area contributed by atoms with Gasteiger partial charge in [0.15, 0.2) is 0 Å². The van der Waals surface area contributed by atoms with Crippen LogP contribution in [0.5, 0.6) is 0 Å². The molecule has 124 valence electrons. The summed E-state index contributed by atoms with van der Waals surface area (Å²) in [6.45, 7) is -0.290. The zero-order chi connectivity index (χ0) is 17.2. The first kappa shape index (κ1) is 16.2. The van der Waals surface area contributed by atoms with Crippen molar-refractivity contribution in [2.24, 2.45) is 0 Å². The molecule has 3 rings (SSSR count). The molecule has 0 spiro atoms. The highest BCUT2D eigenvalue weighted by molar-refractivity contribution is 7.89. The first-order chi connectivity index (χ1) is 11.5. The number of fused-ring (bicyclic) bond motifs is 1. The summed E-state index contributed by atoms with van der Waals surface area (Å²) in [5.41, 5.74) is 1.25. The van der Waals surface area contributed by atoms with Gasteiger partial charge in [0.1, 0.15) is 0 Å². The molecule has 1 aromatic heterocycles. The largest absolute Gasteiger partial charge is 0.323 e. The number of aromatic amines is 1. The van der Waals surface area contributed by atoms with Crippen LogP contribution < -0.4 is 5.32 Å². The standard InChI is InChI=1S/C16H16N4O3S/c1-20(24(22,23)13-7-3-2-4-8-13)11-15(21)18-14-9-5-6-12-10-17-19-16(12)14/h2-10H,11H2,1H3,(H,17,19)(H,18,21). The van der Waals surface area contributed by atoms with E-state index in [9.17, 15) is 13.2 Å². The van der Waals surface area contributed by atoms with Crippen molar-refractivity contribution in [1.82, 2.24) is 14.5 Å². The lowest BCUT2D eigenvalue weighted by Crippen LogP contribution is -2.35. The first-order valence-electron chi connectivity index (χ1n) is 7.22. The van der Waals surface area contributed by atoms with Gasteiger partial charge in [-0.15, -0.1) is 0 Å². The van der Waals surface area contributed by atoms with Crippen LogP contribution >= 0.6 is 0 Å². The third-order valence-electron chi connectivity index (χ3n) is 3.57. The molecular formula is C16H16N4O3S. The van der Waals surface area contributed by atoms with Crippen molar-refractivity contribution in [2.45, 2.75) is 4.90 Å². The van der Waals surface area contributed by atoms with E-state index in [0.29, 0.717) is 11.2 Å². The highest BCUT2D eigenvalue weighted by atomic mass is 32.2. The molecule has 8 heteroatoms. The number of H-pyrrole nitrogens is 1. The number of rotatable bonds is 5. The fraction of sp³-hybridized carbons (Fsp3) is 0.125. The molecule has 0 aliphatic heterocycles. The maximum absolute atomic E-state index is 12.4. The van der Waals surface area contributed by atoms with Crippen LogP contribution in [0.2, 0.25) is 0 Å². The van der Waals surface area contributed by atoms with Gasteiger partial charge in [0.25, 0.3) is 0 Å². The Morgan fingerprint density at radius 1 is 1.17 bits per heavy atom. The number of nitrogens with one attached hydrogen (secondary N) is 2. The lowest BCUT2D eigenvalue weighted by atomic mass is 10.2. The van der Waals surface area contributed by atoms with Gasteiger partial charge in [-0.05, 0) is 18.2 Å². The van der Waals surface area contributed by atoms with Crippen LogP contribution in [0.3, 0.4) is 0 Å². The molecule has 0 radical (unpaired) electrons. The van der Waals surface area contributed by atoms with E-state index >= 15 is 0 Å². The SMILES string of the molecule is CN(CC(=O)Nc1cccc2cn[nH]c12)S(=O)(=O)c1ccccc1. The van der Waals surface area contributed by atoms with E-state index in [0.717, 1.165) is 9.69 Å². The Kier molecular flexibility index (Phi) is 4.32. The Labute approximate surface area is 139 Å². The molecule has 0 atom stereocenters. The van der Waals surface area contributed by atoms with Crippen LogP contribution in [0.1, 0.15) is 0 Å². The van der Waals surface area contributed by atoms with E-state index in [1.54, 1.807) is 36.5 Å². The van der Waals surface area contributed by atoms with Crippen LogP contribution in [-0.2, 0) is 14.8 Å². The highest BCUT2D eigenvalue weighted by Crippen LogP contribution is 2.20. The molecule has 2 aromatic carbocycles. The summed E-state index contributed by atoms with van der Waals surface area (Å²) in [7, 11) is -2.33. The van der Waals surface area contributed by atoms with Crippen molar-refractivity contribution < 1.29 is 13.2 Å². The number of nitrogens with zero attached hydrogens (tertiary/aromatic N) is 2. The Morgan fingerprint density at radius 3 is 2.67 bits per heavy atom. The van der Waals surface area contributed by atoms with Gasteiger partial charge in [0, 0.05) is 12.4 Å².